The van der Waals surface area contributed by atoms with Gasteiger partial charge in [0.2, 0.25) is 5.95 Å². The Labute approximate surface area is 194 Å². The Morgan fingerprint density at radius 2 is 1.85 bits per heavy atom. The summed E-state index contributed by atoms with van der Waals surface area (Å²) in [6.07, 6.45) is -0.946. The number of rotatable bonds is 8. The lowest BCUT2D eigenvalue weighted by molar-refractivity contribution is 0.0936. The van der Waals surface area contributed by atoms with Gasteiger partial charge in [0.25, 0.3) is 5.56 Å². The molecular formula is C23H24ClN5O4. The minimum atomic E-state index is -0.946. The van der Waals surface area contributed by atoms with Gasteiger partial charge in [-0.1, -0.05) is 41.9 Å². The Bertz CT molecular complexity index is 1360. The molecule has 172 valence electrons. The van der Waals surface area contributed by atoms with Crippen LogP contribution >= 0.6 is 11.6 Å². The van der Waals surface area contributed by atoms with Crippen molar-refractivity contribution in [1.82, 2.24) is 19.1 Å². The first-order chi connectivity index (χ1) is 15.8. The average molecular weight is 470 g/mol. The average Bonchev–Trinajstić information content (AvgIpc) is 3.18. The van der Waals surface area contributed by atoms with Crippen LogP contribution in [0.4, 0.5) is 5.95 Å². The first-order valence-corrected chi connectivity index (χ1v) is 10.7. The monoisotopic (exact) mass is 469 g/mol. The lowest BCUT2D eigenvalue weighted by Gasteiger charge is -2.21. The SMILES string of the molecule is CN(Cc1ccccc1)c1nc2c(c(=O)[nH]c(=O)n2C)n1CC(O)COc1ccc(Cl)cc1. The van der Waals surface area contributed by atoms with Gasteiger partial charge in [-0.3, -0.25) is 14.3 Å². The Morgan fingerprint density at radius 3 is 2.55 bits per heavy atom. The molecule has 0 aliphatic heterocycles. The Hall–Kier alpha value is -3.56. The van der Waals surface area contributed by atoms with E-state index in [4.69, 9.17) is 16.3 Å². The third-order valence-corrected chi connectivity index (χ3v) is 5.49. The fourth-order valence-electron chi connectivity index (χ4n) is 3.60. The van der Waals surface area contributed by atoms with E-state index in [1.165, 1.54) is 4.57 Å². The Morgan fingerprint density at radius 1 is 1.15 bits per heavy atom. The fourth-order valence-corrected chi connectivity index (χ4v) is 3.73. The number of halogens is 1. The van der Waals surface area contributed by atoms with Crippen molar-refractivity contribution in [2.24, 2.45) is 7.05 Å². The molecule has 0 saturated heterocycles. The van der Waals surface area contributed by atoms with Crippen LogP contribution in [0.3, 0.4) is 0 Å². The predicted molar refractivity (Wildman–Crippen MR) is 127 cm³/mol. The van der Waals surface area contributed by atoms with Gasteiger partial charge < -0.3 is 19.3 Å². The molecule has 2 aromatic heterocycles. The standard InChI is InChI=1S/C23H24ClN5O4/c1-27(12-15-6-4-3-5-7-15)22-25-20-19(21(31)26-23(32)28(20)2)29(22)13-17(30)14-33-18-10-8-16(24)9-11-18/h3-11,17,30H,12-14H2,1-2H3,(H,26,31,32). The van der Waals surface area contributed by atoms with Crippen LogP contribution in [-0.4, -0.2) is 44.0 Å². The van der Waals surface area contributed by atoms with E-state index < -0.39 is 17.4 Å². The maximum absolute atomic E-state index is 12.7. The molecule has 1 atom stereocenters. The molecule has 0 saturated carbocycles. The quantitative estimate of drug-likeness (QED) is 0.409. The number of H-pyrrole nitrogens is 1. The number of nitrogens with one attached hydrogen (secondary N) is 1. The molecule has 4 rings (SSSR count). The lowest BCUT2D eigenvalue weighted by atomic mass is 10.2. The molecule has 9 nitrogen and oxygen atoms in total. The van der Waals surface area contributed by atoms with Crippen LogP contribution in [-0.2, 0) is 20.1 Å². The highest BCUT2D eigenvalue weighted by Gasteiger charge is 2.22. The van der Waals surface area contributed by atoms with Gasteiger partial charge >= 0.3 is 5.69 Å². The topological polar surface area (TPSA) is 105 Å². The molecule has 4 aromatic rings. The lowest BCUT2D eigenvalue weighted by Crippen LogP contribution is -2.31. The van der Waals surface area contributed by atoms with Gasteiger partial charge in [0.1, 0.15) is 18.5 Å². The molecule has 2 N–H and O–H groups in total. The second-order valence-electron chi connectivity index (χ2n) is 7.77. The van der Waals surface area contributed by atoms with Crippen molar-refractivity contribution in [1.29, 1.82) is 0 Å². The zero-order chi connectivity index (χ0) is 23.5. The summed E-state index contributed by atoms with van der Waals surface area (Å²) in [5.74, 6) is 1.02. The molecular weight excluding hydrogens is 446 g/mol. The third-order valence-electron chi connectivity index (χ3n) is 5.24. The van der Waals surface area contributed by atoms with E-state index >= 15 is 0 Å². The summed E-state index contributed by atoms with van der Waals surface area (Å²) in [4.78, 5) is 33.5. The highest BCUT2D eigenvalue weighted by atomic mass is 35.5. The van der Waals surface area contributed by atoms with E-state index in [0.29, 0.717) is 23.3 Å². The van der Waals surface area contributed by atoms with Crippen LogP contribution in [0.15, 0.2) is 64.2 Å². The molecule has 0 aliphatic rings. The number of aliphatic hydroxyl groups is 1. The van der Waals surface area contributed by atoms with E-state index in [9.17, 15) is 14.7 Å². The number of nitrogens with zero attached hydrogens (tertiary/aromatic N) is 4. The summed E-state index contributed by atoms with van der Waals surface area (Å²) >= 11 is 5.89. The van der Waals surface area contributed by atoms with E-state index in [1.807, 2.05) is 42.3 Å². The van der Waals surface area contributed by atoms with Gasteiger partial charge in [-0.2, -0.15) is 4.98 Å². The molecule has 2 aromatic carbocycles. The van der Waals surface area contributed by atoms with Crippen molar-refractivity contribution in [2.75, 3.05) is 18.6 Å². The number of fused-ring (bicyclic) bond motifs is 1. The zero-order valence-electron chi connectivity index (χ0n) is 18.2. The van der Waals surface area contributed by atoms with Crippen LogP contribution < -0.4 is 20.9 Å². The number of hydrogen-bond acceptors (Lipinski definition) is 6. The summed E-state index contributed by atoms with van der Waals surface area (Å²) in [5, 5.41) is 11.3. The Kier molecular flexibility index (Phi) is 6.52. The molecule has 0 radical (unpaired) electrons. The first kappa shape index (κ1) is 22.6. The molecule has 0 spiro atoms. The second-order valence-corrected chi connectivity index (χ2v) is 8.21. The number of aromatic nitrogens is 4. The number of hydrogen-bond donors (Lipinski definition) is 2. The molecule has 0 bridgehead atoms. The highest BCUT2D eigenvalue weighted by Crippen LogP contribution is 2.21. The van der Waals surface area contributed by atoms with Crippen LogP contribution in [0.2, 0.25) is 5.02 Å². The molecule has 1 unspecified atom stereocenters. The summed E-state index contributed by atoms with van der Waals surface area (Å²) in [6.45, 7) is 0.556. The number of aryl methyl sites for hydroxylation is 1. The highest BCUT2D eigenvalue weighted by molar-refractivity contribution is 6.30. The number of benzene rings is 2. The minimum Gasteiger partial charge on any atom is -0.491 e. The van der Waals surface area contributed by atoms with Gasteiger partial charge in [-0.25, -0.2) is 4.79 Å². The molecule has 10 heteroatoms. The third kappa shape index (κ3) is 4.94. The van der Waals surface area contributed by atoms with Crippen molar-refractivity contribution in [2.45, 2.75) is 19.2 Å². The zero-order valence-corrected chi connectivity index (χ0v) is 19.0. The Balaban J connectivity index is 1.66. The largest absolute Gasteiger partial charge is 0.491 e. The maximum atomic E-state index is 12.7. The van der Waals surface area contributed by atoms with E-state index in [2.05, 4.69) is 9.97 Å². The first-order valence-electron chi connectivity index (χ1n) is 10.3. The molecule has 0 aliphatic carbocycles. The minimum absolute atomic E-state index is 0.00713. The van der Waals surface area contributed by atoms with Crippen molar-refractivity contribution in [3.05, 3.63) is 86.0 Å². The fraction of sp³-hybridized carbons (Fsp3) is 0.261. The van der Waals surface area contributed by atoms with Crippen LogP contribution in [0, 0.1) is 0 Å². The van der Waals surface area contributed by atoms with Crippen molar-refractivity contribution in [3.63, 3.8) is 0 Å². The molecule has 2 heterocycles. The van der Waals surface area contributed by atoms with E-state index in [1.54, 1.807) is 35.9 Å². The second kappa shape index (κ2) is 9.51. The van der Waals surface area contributed by atoms with Gasteiger partial charge in [-0.05, 0) is 29.8 Å². The van der Waals surface area contributed by atoms with Gasteiger partial charge in [-0.15, -0.1) is 0 Å². The van der Waals surface area contributed by atoms with Gasteiger partial charge in [0, 0.05) is 25.7 Å². The van der Waals surface area contributed by atoms with Crippen molar-refractivity contribution < 1.29 is 9.84 Å². The summed E-state index contributed by atoms with van der Waals surface area (Å²) < 4.78 is 8.55. The van der Waals surface area contributed by atoms with E-state index in [0.717, 1.165) is 5.56 Å². The molecule has 0 fully saturated rings. The number of aliphatic hydroxyl groups excluding tert-OH is 1. The van der Waals surface area contributed by atoms with Gasteiger partial charge in [0.05, 0.1) is 6.54 Å². The number of anilines is 1. The normalized spacial score (nSPS) is 12.1. The van der Waals surface area contributed by atoms with Crippen molar-refractivity contribution >= 4 is 28.7 Å². The smallest absolute Gasteiger partial charge is 0.329 e. The number of ether oxygens (including phenoxy) is 1. The molecule has 0 amide bonds. The van der Waals surface area contributed by atoms with E-state index in [-0.39, 0.29) is 24.3 Å². The summed E-state index contributed by atoms with van der Waals surface area (Å²) in [7, 11) is 3.38. The predicted octanol–water partition coefficient (Wildman–Crippen LogP) is 2.15. The van der Waals surface area contributed by atoms with Crippen molar-refractivity contribution in [3.8, 4) is 5.75 Å². The van der Waals surface area contributed by atoms with Crippen LogP contribution in [0.25, 0.3) is 11.2 Å². The summed E-state index contributed by atoms with van der Waals surface area (Å²) in [5.41, 5.74) is 0.377. The number of imidazole rings is 1. The van der Waals surface area contributed by atoms with Crippen LogP contribution in [0.1, 0.15) is 5.56 Å². The van der Waals surface area contributed by atoms with Gasteiger partial charge in [0.15, 0.2) is 11.2 Å². The summed E-state index contributed by atoms with van der Waals surface area (Å²) in [6, 6.07) is 16.6. The van der Waals surface area contributed by atoms with Crippen LogP contribution in [0.5, 0.6) is 5.75 Å². The maximum Gasteiger partial charge on any atom is 0.329 e. The number of aromatic amines is 1. The molecule has 33 heavy (non-hydrogen) atoms.